The van der Waals surface area contributed by atoms with Gasteiger partial charge in [-0.15, -0.1) is 5.10 Å². The number of carbonyl (C=O) groups excluding carboxylic acids is 3. The van der Waals surface area contributed by atoms with Crippen molar-refractivity contribution in [2.24, 2.45) is 0 Å². The van der Waals surface area contributed by atoms with Gasteiger partial charge < -0.3 is 5.32 Å². The van der Waals surface area contributed by atoms with E-state index in [-0.39, 0.29) is 23.4 Å². The molecule has 0 unspecified atom stereocenters. The van der Waals surface area contributed by atoms with Crippen LogP contribution in [-0.2, 0) is 4.79 Å². The summed E-state index contributed by atoms with van der Waals surface area (Å²) in [5, 5.41) is 8.64. The number of amides is 2. The maximum Gasteiger partial charge on any atom is 0.280 e. The highest BCUT2D eigenvalue weighted by atomic mass is 32.1. The molecule has 1 N–H and O–H groups in total. The summed E-state index contributed by atoms with van der Waals surface area (Å²) < 4.78 is 3.82. The Morgan fingerprint density at radius 3 is 2.31 bits per heavy atom. The van der Waals surface area contributed by atoms with Gasteiger partial charge in [-0.25, -0.2) is 0 Å². The number of aromatic nitrogens is 2. The smallest absolute Gasteiger partial charge is 0.280 e. The molecule has 32 heavy (non-hydrogen) atoms. The topological polar surface area (TPSA) is 92.3 Å². The second kappa shape index (κ2) is 9.82. The number of hydrogen-bond donors (Lipinski definition) is 1. The maximum atomic E-state index is 13.6. The molecule has 1 atom stereocenters. The normalized spacial score (nSPS) is 14.7. The molecule has 1 aliphatic rings. The molecule has 164 valence electrons. The highest BCUT2D eigenvalue weighted by Gasteiger charge is 2.35. The highest BCUT2D eigenvalue weighted by Crippen LogP contribution is 2.31. The number of Topliss-reactive ketones (excluding diaryl/α,β-unsaturated/α-hetero) is 1. The van der Waals surface area contributed by atoms with E-state index in [4.69, 9.17) is 0 Å². The third-order valence-electron chi connectivity index (χ3n) is 5.67. The van der Waals surface area contributed by atoms with Gasteiger partial charge in [-0.3, -0.25) is 19.3 Å². The molecule has 1 aliphatic carbocycles. The summed E-state index contributed by atoms with van der Waals surface area (Å²) >= 11 is 1.08. The Labute approximate surface area is 190 Å². The van der Waals surface area contributed by atoms with Crippen molar-refractivity contribution in [3.05, 3.63) is 76.8 Å². The van der Waals surface area contributed by atoms with Crippen LogP contribution in [0.15, 0.2) is 60.0 Å². The fourth-order valence-corrected chi connectivity index (χ4v) is 4.45. The van der Waals surface area contributed by atoms with E-state index in [2.05, 4.69) is 14.9 Å². The third kappa shape index (κ3) is 4.75. The van der Waals surface area contributed by atoms with Crippen molar-refractivity contribution >= 4 is 34.8 Å². The first-order valence-electron chi connectivity index (χ1n) is 10.6. The van der Waals surface area contributed by atoms with Crippen molar-refractivity contribution in [3.8, 4) is 0 Å². The Hall–Kier alpha value is -3.39. The third-order valence-corrected chi connectivity index (χ3v) is 6.18. The van der Waals surface area contributed by atoms with Crippen molar-refractivity contribution in [2.45, 2.75) is 44.7 Å². The van der Waals surface area contributed by atoms with E-state index in [0.717, 1.165) is 37.2 Å². The first kappa shape index (κ1) is 21.8. The molecule has 1 heterocycles. The molecule has 0 bridgehead atoms. The van der Waals surface area contributed by atoms with Crippen molar-refractivity contribution in [1.82, 2.24) is 14.9 Å². The maximum absolute atomic E-state index is 13.6. The lowest BCUT2D eigenvalue weighted by Crippen LogP contribution is -2.46. The second-order valence-corrected chi connectivity index (χ2v) is 8.48. The molecule has 0 saturated heterocycles. The molecule has 1 fully saturated rings. The lowest BCUT2D eigenvalue weighted by molar-refractivity contribution is -0.123. The predicted octanol–water partition coefficient (Wildman–Crippen LogP) is 4.19. The van der Waals surface area contributed by atoms with E-state index in [1.807, 2.05) is 30.3 Å². The molecule has 2 aromatic carbocycles. The molecule has 1 aromatic heterocycles. The van der Waals surface area contributed by atoms with Crippen LogP contribution in [0.25, 0.3) is 0 Å². The number of carbonyl (C=O) groups is 3. The number of benzene rings is 2. The Morgan fingerprint density at radius 2 is 1.72 bits per heavy atom. The van der Waals surface area contributed by atoms with Gasteiger partial charge in [-0.1, -0.05) is 47.7 Å². The number of anilines is 1. The van der Waals surface area contributed by atoms with Crippen LogP contribution < -0.4 is 10.2 Å². The molecular formula is C24H24N4O3S. The molecule has 0 radical (unpaired) electrons. The Balaban J connectivity index is 1.79. The first-order chi connectivity index (χ1) is 15.5. The summed E-state index contributed by atoms with van der Waals surface area (Å²) in [6, 6.07) is 15.1. The van der Waals surface area contributed by atoms with Gasteiger partial charge in [0.2, 0.25) is 5.91 Å². The zero-order valence-electron chi connectivity index (χ0n) is 17.7. The zero-order chi connectivity index (χ0) is 22.5. The highest BCUT2D eigenvalue weighted by molar-refractivity contribution is 7.03. The van der Waals surface area contributed by atoms with Crippen LogP contribution in [0.2, 0.25) is 0 Å². The Morgan fingerprint density at radius 1 is 1.03 bits per heavy atom. The van der Waals surface area contributed by atoms with E-state index in [0.29, 0.717) is 16.8 Å². The molecule has 8 heteroatoms. The Bertz CT molecular complexity index is 1080. The van der Waals surface area contributed by atoms with Gasteiger partial charge in [-0.05, 0) is 61.1 Å². The molecular weight excluding hydrogens is 424 g/mol. The quantitative estimate of drug-likeness (QED) is 0.547. The summed E-state index contributed by atoms with van der Waals surface area (Å²) in [6.07, 6.45) is 4.04. The summed E-state index contributed by atoms with van der Waals surface area (Å²) in [7, 11) is 0. The van der Waals surface area contributed by atoms with Gasteiger partial charge in [-0.2, -0.15) is 0 Å². The zero-order valence-corrected chi connectivity index (χ0v) is 18.5. The van der Waals surface area contributed by atoms with Crippen LogP contribution in [-0.4, -0.2) is 33.2 Å². The fourth-order valence-electron chi connectivity index (χ4n) is 4.02. The SMILES string of the molecule is CC(=O)c1ccc(N(C(=O)c2csnn2)[C@H](C(=O)NC2CCCC2)c2ccccc2)cc1. The molecule has 0 aliphatic heterocycles. The van der Waals surface area contributed by atoms with Crippen LogP contribution in [0.1, 0.15) is 65.1 Å². The van der Waals surface area contributed by atoms with Gasteiger partial charge in [0.25, 0.3) is 5.91 Å². The van der Waals surface area contributed by atoms with Gasteiger partial charge in [0, 0.05) is 22.7 Å². The van der Waals surface area contributed by atoms with Gasteiger partial charge in [0.05, 0.1) is 0 Å². The van der Waals surface area contributed by atoms with E-state index >= 15 is 0 Å². The fraction of sp³-hybridized carbons (Fsp3) is 0.292. The van der Waals surface area contributed by atoms with Crippen molar-refractivity contribution in [3.63, 3.8) is 0 Å². The van der Waals surface area contributed by atoms with Crippen LogP contribution in [0.3, 0.4) is 0 Å². The average molecular weight is 449 g/mol. The van der Waals surface area contributed by atoms with Crippen LogP contribution in [0.5, 0.6) is 0 Å². The lowest BCUT2D eigenvalue weighted by Gasteiger charge is -2.32. The number of ketones is 1. The van der Waals surface area contributed by atoms with Crippen molar-refractivity contribution in [1.29, 1.82) is 0 Å². The van der Waals surface area contributed by atoms with Crippen molar-refractivity contribution < 1.29 is 14.4 Å². The molecule has 4 rings (SSSR count). The van der Waals surface area contributed by atoms with Crippen molar-refractivity contribution in [2.75, 3.05) is 4.90 Å². The molecule has 7 nitrogen and oxygen atoms in total. The summed E-state index contributed by atoms with van der Waals surface area (Å²) in [6.45, 7) is 1.49. The monoisotopic (exact) mass is 448 g/mol. The Kier molecular flexibility index (Phi) is 6.70. The van der Waals surface area contributed by atoms with Gasteiger partial charge in [0.15, 0.2) is 11.5 Å². The first-order valence-corrected chi connectivity index (χ1v) is 11.4. The van der Waals surface area contributed by atoms with E-state index in [9.17, 15) is 14.4 Å². The molecule has 3 aromatic rings. The van der Waals surface area contributed by atoms with E-state index in [1.54, 1.807) is 29.6 Å². The van der Waals surface area contributed by atoms with Crippen LogP contribution in [0, 0.1) is 0 Å². The van der Waals surface area contributed by atoms with Gasteiger partial charge >= 0.3 is 0 Å². The van der Waals surface area contributed by atoms with Crippen LogP contribution >= 0.6 is 11.5 Å². The molecule has 1 saturated carbocycles. The molecule has 2 amide bonds. The standard InChI is InChI=1S/C24H24N4O3S/c1-16(29)17-11-13-20(14-12-17)28(24(31)21-15-32-27-26-21)22(18-7-3-2-4-8-18)23(30)25-19-9-5-6-10-19/h2-4,7-8,11-15,19,22H,5-6,9-10H2,1H3,(H,25,30)/t22-/m0/s1. The average Bonchev–Trinajstić information content (AvgIpc) is 3.52. The summed E-state index contributed by atoms with van der Waals surface area (Å²) in [4.78, 5) is 40.3. The van der Waals surface area contributed by atoms with E-state index < -0.39 is 11.9 Å². The second-order valence-electron chi connectivity index (χ2n) is 7.87. The number of hydrogen-bond acceptors (Lipinski definition) is 6. The minimum absolute atomic E-state index is 0.0725. The van der Waals surface area contributed by atoms with Crippen LogP contribution in [0.4, 0.5) is 5.69 Å². The minimum Gasteiger partial charge on any atom is -0.351 e. The predicted molar refractivity (Wildman–Crippen MR) is 123 cm³/mol. The lowest BCUT2D eigenvalue weighted by atomic mass is 10.0. The number of nitrogens with zero attached hydrogens (tertiary/aromatic N) is 3. The summed E-state index contributed by atoms with van der Waals surface area (Å²) in [5.41, 5.74) is 1.89. The van der Waals surface area contributed by atoms with Gasteiger partial charge in [0.1, 0.15) is 6.04 Å². The minimum atomic E-state index is -0.894. The number of nitrogens with one attached hydrogen (secondary N) is 1. The van der Waals surface area contributed by atoms with E-state index in [1.165, 1.54) is 11.8 Å². The largest absolute Gasteiger partial charge is 0.351 e. The number of rotatable bonds is 7. The molecule has 0 spiro atoms. The summed E-state index contributed by atoms with van der Waals surface area (Å²) in [5.74, 6) is -0.739.